The predicted molar refractivity (Wildman–Crippen MR) is 88.6 cm³/mol. The van der Waals surface area contributed by atoms with Crippen LogP contribution >= 0.6 is 0 Å². The molecule has 0 amide bonds. The number of unbranched alkanes of at least 4 members (excludes halogenated alkanes) is 2. The summed E-state index contributed by atoms with van der Waals surface area (Å²) in [7, 11) is 1.78. The van der Waals surface area contributed by atoms with E-state index in [4.69, 9.17) is 4.74 Å². The molecule has 1 aromatic carbocycles. The molecule has 0 aliphatic carbocycles. The highest BCUT2D eigenvalue weighted by Gasteiger charge is 2.34. The Hall–Kier alpha value is -0.900. The minimum Gasteiger partial charge on any atom is -0.385 e. The molecular formula is C18H30N2O. The van der Waals surface area contributed by atoms with Crippen molar-refractivity contribution in [2.45, 2.75) is 44.7 Å². The van der Waals surface area contributed by atoms with Crippen LogP contribution in [0.5, 0.6) is 0 Å². The second-order valence-electron chi connectivity index (χ2n) is 6.45. The third-order valence-corrected chi connectivity index (χ3v) is 4.64. The molecule has 0 aromatic heterocycles. The summed E-state index contributed by atoms with van der Waals surface area (Å²) in [6.45, 7) is 8.87. The van der Waals surface area contributed by atoms with E-state index in [0.717, 1.165) is 19.7 Å². The first-order valence-electron chi connectivity index (χ1n) is 8.19. The van der Waals surface area contributed by atoms with Crippen LogP contribution in [0.1, 0.15) is 38.7 Å². The monoisotopic (exact) mass is 290 g/mol. The third-order valence-electron chi connectivity index (χ3n) is 4.64. The van der Waals surface area contributed by atoms with Gasteiger partial charge in [-0.15, -0.1) is 0 Å². The number of ether oxygens (including phenoxy) is 1. The molecular weight excluding hydrogens is 260 g/mol. The van der Waals surface area contributed by atoms with Crippen LogP contribution in [-0.4, -0.2) is 44.3 Å². The molecule has 21 heavy (non-hydrogen) atoms. The van der Waals surface area contributed by atoms with E-state index in [0.29, 0.717) is 6.04 Å². The van der Waals surface area contributed by atoms with Gasteiger partial charge in [-0.05, 0) is 45.2 Å². The number of nitrogens with zero attached hydrogens (tertiary/aromatic N) is 1. The fourth-order valence-corrected chi connectivity index (χ4v) is 3.16. The van der Waals surface area contributed by atoms with Crippen LogP contribution in [0, 0.1) is 0 Å². The molecule has 3 heteroatoms. The molecule has 2 unspecified atom stereocenters. The molecule has 1 aliphatic heterocycles. The largest absolute Gasteiger partial charge is 0.385 e. The second kappa shape index (κ2) is 7.92. The zero-order chi connectivity index (χ0) is 15.1. The molecule has 1 N–H and O–H groups in total. The third kappa shape index (κ3) is 4.53. The van der Waals surface area contributed by atoms with Gasteiger partial charge in [-0.3, -0.25) is 4.90 Å². The van der Waals surface area contributed by atoms with Crippen LogP contribution in [0.25, 0.3) is 0 Å². The van der Waals surface area contributed by atoms with Crippen LogP contribution in [0.2, 0.25) is 0 Å². The first kappa shape index (κ1) is 16.5. The topological polar surface area (TPSA) is 24.5 Å². The van der Waals surface area contributed by atoms with Crippen molar-refractivity contribution in [1.82, 2.24) is 10.2 Å². The summed E-state index contributed by atoms with van der Waals surface area (Å²) in [4.78, 5) is 2.64. The van der Waals surface area contributed by atoms with Crippen LogP contribution in [0.15, 0.2) is 30.3 Å². The Balaban J connectivity index is 1.90. The van der Waals surface area contributed by atoms with Crippen LogP contribution in [0.4, 0.5) is 0 Å². The molecule has 1 aromatic rings. The van der Waals surface area contributed by atoms with Crippen molar-refractivity contribution in [3.63, 3.8) is 0 Å². The average Bonchev–Trinajstić information content (AvgIpc) is 2.51. The van der Waals surface area contributed by atoms with E-state index < -0.39 is 0 Å². The Labute approximate surface area is 129 Å². The Morgan fingerprint density at radius 3 is 2.71 bits per heavy atom. The Kier molecular flexibility index (Phi) is 6.22. The lowest BCUT2D eigenvalue weighted by Crippen LogP contribution is -2.60. The van der Waals surface area contributed by atoms with Crippen molar-refractivity contribution < 1.29 is 4.74 Å². The Bertz CT molecular complexity index is 409. The first-order chi connectivity index (χ1) is 10.2. The molecule has 1 saturated heterocycles. The highest BCUT2D eigenvalue weighted by atomic mass is 16.5. The second-order valence-corrected chi connectivity index (χ2v) is 6.45. The van der Waals surface area contributed by atoms with Crippen molar-refractivity contribution in [2.24, 2.45) is 0 Å². The molecule has 0 saturated carbocycles. The molecule has 0 bridgehead atoms. The SMILES string of the molecule is COCCCCCN1CC(C)(c2ccccc2)NCC1C. The minimum atomic E-state index is 0.0697. The van der Waals surface area contributed by atoms with E-state index in [1.54, 1.807) is 7.11 Å². The standard InChI is InChI=1S/C18H30N2O/c1-16-14-19-18(2,17-10-6-4-7-11-17)15-20(16)12-8-5-9-13-21-3/h4,6-7,10-11,16,19H,5,8-9,12-15H2,1-3H3. The zero-order valence-corrected chi connectivity index (χ0v) is 13.8. The van der Waals surface area contributed by atoms with Gasteiger partial charge >= 0.3 is 0 Å². The quantitative estimate of drug-likeness (QED) is 0.781. The van der Waals surface area contributed by atoms with E-state index in [9.17, 15) is 0 Å². The normalized spacial score (nSPS) is 26.9. The summed E-state index contributed by atoms with van der Waals surface area (Å²) < 4.78 is 5.12. The molecule has 1 heterocycles. The molecule has 2 rings (SSSR count). The van der Waals surface area contributed by atoms with E-state index in [-0.39, 0.29) is 5.54 Å². The maximum atomic E-state index is 5.12. The fraction of sp³-hybridized carbons (Fsp3) is 0.667. The highest BCUT2D eigenvalue weighted by molar-refractivity contribution is 5.25. The van der Waals surface area contributed by atoms with Crippen molar-refractivity contribution >= 4 is 0 Å². The van der Waals surface area contributed by atoms with Crippen LogP contribution in [0.3, 0.4) is 0 Å². The lowest BCUT2D eigenvalue weighted by Gasteiger charge is -2.45. The summed E-state index contributed by atoms with van der Waals surface area (Å²) >= 11 is 0. The van der Waals surface area contributed by atoms with E-state index >= 15 is 0 Å². The van der Waals surface area contributed by atoms with E-state index in [1.165, 1.54) is 31.4 Å². The van der Waals surface area contributed by atoms with Gasteiger partial charge in [-0.1, -0.05) is 30.3 Å². The molecule has 0 spiro atoms. The molecule has 3 nitrogen and oxygen atoms in total. The first-order valence-corrected chi connectivity index (χ1v) is 8.19. The summed E-state index contributed by atoms with van der Waals surface area (Å²) in [5.74, 6) is 0. The molecule has 1 aliphatic rings. The smallest absolute Gasteiger partial charge is 0.0535 e. The summed E-state index contributed by atoms with van der Waals surface area (Å²) in [5, 5.41) is 3.74. The van der Waals surface area contributed by atoms with Crippen LogP contribution in [-0.2, 0) is 10.3 Å². The number of hydrogen-bond donors (Lipinski definition) is 1. The highest BCUT2D eigenvalue weighted by Crippen LogP contribution is 2.26. The number of nitrogens with one attached hydrogen (secondary N) is 1. The Morgan fingerprint density at radius 2 is 2.00 bits per heavy atom. The van der Waals surface area contributed by atoms with Crippen molar-refractivity contribution in [3.05, 3.63) is 35.9 Å². The molecule has 118 valence electrons. The maximum absolute atomic E-state index is 5.12. The van der Waals surface area contributed by atoms with Gasteiger partial charge < -0.3 is 10.1 Å². The number of hydrogen-bond acceptors (Lipinski definition) is 3. The predicted octanol–water partition coefficient (Wildman–Crippen LogP) is 3.01. The number of benzene rings is 1. The summed E-state index contributed by atoms with van der Waals surface area (Å²) in [5.41, 5.74) is 1.46. The number of rotatable bonds is 7. The number of piperazine rings is 1. The lowest BCUT2D eigenvalue weighted by molar-refractivity contribution is 0.0917. The van der Waals surface area contributed by atoms with Crippen molar-refractivity contribution in [1.29, 1.82) is 0 Å². The summed E-state index contributed by atoms with van der Waals surface area (Å²) in [6, 6.07) is 11.4. The van der Waals surface area contributed by atoms with Gasteiger partial charge in [0.05, 0.1) is 5.54 Å². The van der Waals surface area contributed by atoms with Gasteiger partial charge in [0.2, 0.25) is 0 Å². The zero-order valence-electron chi connectivity index (χ0n) is 13.8. The molecule has 1 fully saturated rings. The molecule has 0 radical (unpaired) electrons. The van der Waals surface area contributed by atoms with Gasteiger partial charge in [0.25, 0.3) is 0 Å². The van der Waals surface area contributed by atoms with Gasteiger partial charge in [-0.25, -0.2) is 0 Å². The lowest BCUT2D eigenvalue weighted by atomic mass is 9.88. The average molecular weight is 290 g/mol. The fourth-order valence-electron chi connectivity index (χ4n) is 3.16. The number of methoxy groups -OCH3 is 1. The van der Waals surface area contributed by atoms with E-state index in [1.807, 2.05) is 0 Å². The van der Waals surface area contributed by atoms with Crippen molar-refractivity contribution in [3.8, 4) is 0 Å². The maximum Gasteiger partial charge on any atom is 0.0535 e. The Morgan fingerprint density at radius 1 is 1.24 bits per heavy atom. The van der Waals surface area contributed by atoms with Gasteiger partial charge in [0.15, 0.2) is 0 Å². The van der Waals surface area contributed by atoms with Crippen LogP contribution < -0.4 is 5.32 Å². The van der Waals surface area contributed by atoms with E-state index in [2.05, 4.69) is 54.4 Å². The summed E-state index contributed by atoms with van der Waals surface area (Å²) in [6.07, 6.45) is 3.69. The van der Waals surface area contributed by atoms with Gasteiger partial charge in [-0.2, -0.15) is 0 Å². The van der Waals surface area contributed by atoms with Gasteiger partial charge in [0.1, 0.15) is 0 Å². The van der Waals surface area contributed by atoms with Gasteiger partial charge in [0, 0.05) is 32.8 Å². The van der Waals surface area contributed by atoms with Crippen molar-refractivity contribution in [2.75, 3.05) is 33.4 Å². The molecule has 2 atom stereocenters. The minimum absolute atomic E-state index is 0.0697.